The molecule has 0 atom stereocenters. The van der Waals surface area contributed by atoms with E-state index in [2.05, 4.69) is 5.32 Å². The number of phenols is 1. The number of thiazole rings is 1. The predicted octanol–water partition coefficient (Wildman–Crippen LogP) is 4.95. The number of fused-ring (bicyclic) bond motifs is 2. The van der Waals surface area contributed by atoms with Crippen molar-refractivity contribution in [2.45, 2.75) is 6.42 Å². The van der Waals surface area contributed by atoms with Gasteiger partial charge in [0.15, 0.2) is 5.58 Å². The largest absolute Gasteiger partial charge is 0.508 e. The summed E-state index contributed by atoms with van der Waals surface area (Å²) in [6.07, 6.45) is 0.626. The molecular formula is C24H16N2O4S. The molecule has 5 aromatic rings. The van der Waals surface area contributed by atoms with Crippen LogP contribution in [-0.2, 0) is 6.42 Å². The van der Waals surface area contributed by atoms with Crippen LogP contribution in [-0.4, -0.2) is 16.0 Å². The summed E-state index contributed by atoms with van der Waals surface area (Å²) in [5.41, 5.74) is 2.36. The number of carbonyl (C=O) groups excluding carboxylic acids is 1. The summed E-state index contributed by atoms with van der Waals surface area (Å²) in [5.74, 6) is -0.150. The van der Waals surface area contributed by atoms with Gasteiger partial charge in [-0.3, -0.25) is 4.79 Å². The van der Waals surface area contributed by atoms with Gasteiger partial charge >= 0.3 is 5.63 Å². The SMILES string of the molecule is O=C(Nc1cccc2sc(Cc3ccc(O)cc3)nc12)c1cccc2ccc(=O)oc12. The van der Waals surface area contributed by atoms with Crippen molar-refractivity contribution in [3.05, 3.63) is 99.4 Å². The Morgan fingerprint density at radius 3 is 2.65 bits per heavy atom. The van der Waals surface area contributed by atoms with Crippen LogP contribution in [0.25, 0.3) is 21.2 Å². The number of para-hydroxylation sites is 2. The second-order valence-electron chi connectivity index (χ2n) is 7.04. The van der Waals surface area contributed by atoms with Gasteiger partial charge in [-0.2, -0.15) is 0 Å². The predicted molar refractivity (Wildman–Crippen MR) is 121 cm³/mol. The molecule has 0 saturated heterocycles. The molecule has 3 aromatic carbocycles. The van der Waals surface area contributed by atoms with E-state index in [1.165, 1.54) is 6.07 Å². The zero-order valence-electron chi connectivity index (χ0n) is 16.2. The van der Waals surface area contributed by atoms with Crippen molar-refractivity contribution in [2.24, 2.45) is 0 Å². The molecule has 0 unspecified atom stereocenters. The second-order valence-corrected chi connectivity index (χ2v) is 8.15. The highest BCUT2D eigenvalue weighted by Crippen LogP contribution is 2.30. The van der Waals surface area contributed by atoms with Crippen LogP contribution in [0.15, 0.2) is 82.0 Å². The fraction of sp³-hybridized carbons (Fsp3) is 0.0417. The van der Waals surface area contributed by atoms with Crippen molar-refractivity contribution in [3.63, 3.8) is 0 Å². The second kappa shape index (κ2) is 7.70. The van der Waals surface area contributed by atoms with Crippen molar-refractivity contribution >= 4 is 44.1 Å². The van der Waals surface area contributed by atoms with E-state index in [1.807, 2.05) is 24.3 Å². The van der Waals surface area contributed by atoms with Crippen molar-refractivity contribution in [1.82, 2.24) is 4.98 Å². The van der Waals surface area contributed by atoms with Crippen LogP contribution in [0.4, 0.5) is 5.69 Å². The van der Waals surface area contributed by atoms with Gasteiger partial charge in [-0.25, -0.2) is 9.78 Å². The van der Waals surface area contributed by atoms with Crippen LogP contribution < -0.4 is 10.9 Å². The first-order valence-electron chi connectivity index (χ1n) is 9.57. The number of rotatable bonds is 4. The number of anilines is 1. The fourth-order valence-corrected chi connectivity index (χ4v) is 4.45. The minimum absolute atomic E-state index is 0.224. The Morgan fingerprint density at radius 1 is 1.00 bits per heavy atom. The summed E-state index contributed by atoms with van der Waals surface area (Å²) >= 11 is 1.55. The van der Waals surface area contributed by atoms with Crippen LogP contribution in [0.5, 0.6) is 5.75 Å². The smallest absolute Gasteiger partial charge is 0.336 e. The van der Waals surface area contributed by atoms with Gasteiger partial charge in [0, 0.05) is 17.9 Å². The number of phenolic OH excluding ortho intramolecular Hbond substituents is 1. The normalized spacial score (nSPS) is 11.1. The first-order chi connectivity index (χ1) is 15.1. The number of amides is 1. The van der Waals surface area contributed by atoms with Crippen LogP contribution in [0.2, 0.25) is 0 Å². The Balaban J connectivity index is 1.47. The van der Waals surface area contributed by atoms with Crippen LogP contribution >= 0.6 is 11.3 Å². The van der Waals surface area contributed by atoms with E-state index in [4.69, 9.17) is 9.40 Å². The Bertz CT molecular complexity index is 1490. The lowest BCUT2D eigenvalue weighted by molar-refractivity contribution is 0.102. The van der Waals surface area contributed by atoms with Gasteiger partial charge < -0.3 is 14.8 Å². The minimum atomic E-state index is -0.506. The number of nitrogens with one attached hydrogen (secondary N) is 1. The summed E-state index contributed by atoms with van der Waals surface area (Å²) in [4.78, 5) is 29.4. The van der Waals surface area contributed by atoms with Gasteiger partial charge in [-0.15, -0.1) is 11.3 Å². The monoisotopic (exact) mass is 428 g/mol. The average Bonchev–Trinajstić information content (AvgIpc) is 3.18. The minimum Gasteiger partial charge on any atom is -0.508 e. The quantitative estimate of drug-likeness (QED) is 0.395. The van der Waals surface area contributed by atoms with E-state index in [1.54, 1.807) is 53.8 Å². The number of carbonyl (C=O) groups is 1. The third kappa shape index (κ3) is 3.78. The molecule has 0 aliphatic heterocycles. The molecule has 2 N–H and O–H groups in total. The van der Waals surface area contributed by atoms with Crippen molar-refractivity contribution < 1.29 is 14.3 Å². The van der Waals surface area contributed by atoms with E-state index >= 15 is 0 Å². The summed E-state index contributed by atoms with van der Waals surface area (Å²) in [5, 5.41) is 13.9. The molecule has 0 radical (unpaired) electrons. The summed E-state index contributed by atoms with van der Waals surface area (Å²) < 4.78 is 6.22. The lowest BCUT2D eigenvalue weighted by atomic mass is 10.1. The van der Waals surface area contributed by atoms with Gasteiger partial charge in [0.2, 0.25) is 0 Å². The molecule has 0 fully saturated rings. The molecule has 0 aliphatic rings. The molecule has 0 bridgehead atoms. The van der Waals surface area contributed by atoms with Gasteiger partial charge in [0.25, 0.3) is 5.91 Å². The maximum Gasteiger partial charge on any atom is 0.336 e. The molecule has 0 saturated carbocycles. The molecule has 152 valence electrons. The van der Waals surface area contributed by atoms with E-state index in [-0.39, 0.29) is 22.8 Å². The molecular weight excluding hydrogens is 412 g/mol. The lowest BCUT2D eigenvalue weighted by Gasteiger charge is -2.07. The Hall–Kier alpha value is -3.97. The maximum absolute atomic E-state index is 13.0. The fourth-order valence-electron chi connectivity index (χ4n) is 3.42. The third-order valence-corrected chi connectivity index (χ3v) is 5.92. The zero-order chi connectivity index (χ0) is 21.4. The summed E-state index contributed by atoms with van der Waals surface area (Å²) in [6.45, 7) is 0. The molecule has 1 amide bonds. The summed E-state index contributed by atoms with van der Waals surface area (Å²) in [6, 6.07) is 20.8. The molecule has 2 heterocycles. The van der Waals surface area contributed by atoms with E-state index in [9.17, 15) is 14.7 Å². The molecule has 5 rings (SSSR count). The molecule has 31 heavy (non-hydrogen) atoms. The van der Waals surface area contributed by atoms with Gasteiger partial charge in [0.05, 0.1) is 21.0 Å². The van der Waals surface area contributed by atoms with Gasteiger partial charge in [-0.05, 0) is 42.0 Å². The van der Waals surface area contributed by atoms with Gasteiger partial charge in [0.1, 0.15) is 11.3 Å². The number of benzene rings is 3. The molecule has 7 heteroatoms. The van der Waals surface area contributed by atoms with Gasteiger partial charge in [-0.1, -0.05) is 30.3 Å². The molecule has 0 aliphatic carbocycles. The molecule has 6 nitrogen and oxygen atoms in total. The van der Waals surface area contributed by atoms with E-state index in [0.717, 1.165) is 15.3 Å². The van der Waals surface area contributed by atoms with Crippen LogP contribution in [0, 0.1) is 0 Å². The highest BCUT2D eigenvalue weighted by Gasteiger charge is 2.16. The maximum atomic E-state index is 13.0. The third-order valence-electron chi connectivity index (χ3n) is 4.89. The first kappa shape index (κ1) is 19.0. The number of aromatic nitrogens is 1. The van der Waals surface area contributed by atoms with Crippen molar-refractivity contribution in [2.75, 3.05) is 5.32 Å². The highest BCUT2D eigenvalue weighted by atomic mass is 32.1. The molecule has 2 aromatic heterocycles. The lowest BCUT2D eigenvalue weighted by Crippen LogP contribution is -2.13. The van der Waals surface area contributed by atoms with Crippen LogP contribution in [0.1, 0.15) is 20.9 Å². The Morgan fingerprint density at radius 2 is 1.81 bits per heavy atom. The first-order valence-corrected chi connectivity index (χ1v) is 10.4. The topological polar surface area (TPSA) is 92.4 Å². The Labute approximate surface area is 180 Å². The standard InChI is InChI=1S/C24H16N2O4S/c27-16-10-7-14(8-11-16)13-20-26-22-18(5-2-6-19(22)31-20)25-24(29)17-4-1-3-15-9-12-21(28)30-23(15)17/h1-12,27H,13H2,(H,25,29). The van der Waals surface area contributed by atoms with E-state index < -0.39 is 5.63 Å². The summed E-state index contributed by atoms with van der Waals surface area (Å²) in [7, 11) is 0. The highest BCUT2D eigenvalue weighted by molar-refractivity contribution is 7.18. The number of hydrogen-bond acceptors (Lipinski definition) is 6. The zero-order valence-corrected chi connectivity index (χ0v) is 17.0. The molecule has 0 spiro atoms. The number of nitrogens with zero attached hydrogens (tertiary/aromatic N) is 1. The van der Waals surface area contributed by atoms with Crippen molar-refractivity contribution in [1.29, 1.82) is 0 Å². The number of aromatic hydroxyl groups is 1. The average molecular weight is 428 g/mol. The van der Waals surface area contributed by atoms with Crippen LogP contribution in [0.3, 0.4) is 0 Å². The van der Waals surface area contributed by atoms with Crippen molar-refractivity contribution in [3.8, 4) is 5.75 Å². The number of hydrogen-bond donors (Lipinski definition) is 2. The van der Waals surface area contributed by atoms with E-state index in [0.29, 0.717) is 23.0 Å². The Kier molecular flexibility index (Phi) is 4.72.